The quantitative estimate of drug-likeness (QED) is 0.121. The first-order valence-electron chi connectivity index (χ1n) is 12.0. The second kappa shape index (κ2) is 15.6. The maximum absolute atomic E-state index is 12.5. The summed E-state index contributed by atoms with van der Waals surface area (Å²) in [6, 6.07) is 6.21. The molecule has 0 saturated heterocycles. The van der Waals surface area contributed by atoms with Crippen molar-refractivity contribution in [1.82, 2.24) is 0 Å². The van der Waals surface area contributed by atoms with Crippen molar-refractivity contribution in [3.8, 4) is 5.75 Å². The van der Waals surface area contributed by atoms with Gasteiger partial charge in [-0.2, -0.15) is 0 Å². The van der Waals surface area contributed by atoms with Crippen molar-refractivity contribution in [2.75, 3.05) is 14.2 Å². The molecule has 31 heavy (non-hydrogen) atoms. The Balaban J connectivity index is 3.70. The topological polar surface area (TPSA) is 44.8 Å². The number of ether oxygens (including phenoxy) is 3. The van der Waals surface area contributed by atoms with Crippen molar-refractivity contribution in [3.05, 3.63) is 42.0 Å². The molecular weight excluding hydrogens is 495 g/mol. The molecule has 1 aromatic rings. The standard InChI is InChI=1S/C14H17O4.3C4H9.Sn/c1-4-5-7-11-8-6-9-13(16-2)12(11)10-18-14(15)17-3;3*1-3-4-2;/h4,6,8-10H,1,5,7H2,2-3H3;3*1,3-4H2,2H3;. The molecule has 0 aliphatic heterocycles. The van der Waals surface area contributed by atoms with E-state index in [9.17, 15) is 4.79 Å². The van der Waals surface area contributed by atoms with E-state index in [1.807, 2.05) is 18.2 Å². The van der Waals surface area contributed by atoms with Gasteiger partial charge in [-0.25, -0.2) is 0 Å². The normalized spacial score (nSPS) is 12.3. The van der Waals surface area contributed by atoms with Gasteiger partial charge in [0.15, 0.2) is 0 Å². The minimum atomic E-state index is -3.03. The molecule has 0 heterocycles. The number of aryl methyl sites for hydroxylation is 1. The fourth-order valence-electron chi connectivity index (χ4n) is 4.53. The summed E-state index contributed by atoms with van der Waals surface area (Å²) in [5.41, 5.74) is 2.30. The fraction of sp³-hybridized carbons (Fsp3) is 0.654. The molecule has 1 atom stereocenters. The zero-order valence-electron chi connectivity index (χ0n) is 20.5. The minimum absolute atomic E-state index is 0.192. The molecule has 0 fully saturated rings. The molecular formula is C26H44O4Sn. The molecule has 0 spiro atoms. The van der Waals surface area contributed by atoms with Crippen molar-refractivity contribution in [1.29, 1.82) is 0 Å². The van der Waals surface area contributed by atoms with E-state index in [-0.39, 0.29) is 4.12 Å². The van der Waals surface area contributed by atoms with Crippen LogP contribution in [0.25, 0.3) is 0 Å². The first-order chi connectivity index (χ1) is 15.0. The molecule has 0 aliphatic rings. The Hall–Kier alpha value is -1.17. The number of unbranched alkanes of at least 4 members (excludes halogenated alkanes) is 3. The summed E-state index contributed by atoms with van der Waals surface area (Å²) >= 11 is -3.03. The van der Waals surface area contributed by atoms with Gasteiger partial charge in [-0.1, -0.05) is 0 Å². The van der Waals surface area contributed by atoms with Crippen molar-refractivity contribution in [3.63, 3.8) is 0 Å². The molecule has 176 valence electrons. The molecule has 0 radical (unpaired) electrons. The predicted molar refractivity (Wildman–Crippen MR) is 133 cm³/mol. The zero-order valence-corrected chi connectivity index (χ0v) is 23.4. The van der Waals surface area contributed by atoms with Crippen molar-refractivity contribution >= 4 is 24.5 Å². The van der Waals surface area contributed by atoms with Crippen molar-refractivity contribution in [2.24, 2.45) is 0 Å². The summed E-state index contributed by atoms with van der Waals surface area (Å²) in [5.74, 6) is 0.834. The molecule has 0 aliphatic carbocycles. The van der Waals surface area contributed by atoms with E-state index in [1.54, 1.807) is 7.11 Å². The number of carbonyl (C=O) groups is 1. The Morgan fingerprint density at radius 2 is 1.61 bits per heavy atom. The number of carbonyl (C=O) groups excluding carboxylic acids is 1. The van der Waals surface area contributed by atoms with E-state index in [1.165, 1.54) is 45.2 Å². The van der Waals surface area contributed by atoms with E-state index < -0.39 is 24.5 Å². The summed E-state index contributed by atoms with van der Waals surface area (Å²) in [6.07, 6.45) is 10.2. The van der Waals surface area contributed by atoms with Crippen LogP contribution in [0, 0.1) is 0 Å². The molecule has 1 aromatic carbocycles. The van der Waals surface area contributed by atoms with Crippen LogP contribution >= 0.6 is 0 Å². The van der Waals surface area contributed by atoms with E-state index >= 15 is 0 Å². The van der Waals surface area contributed by atoms with Crippen LogP contribution in [0.3, 0.4) is 0 Å². The van der Waals surface area contributed by atoms with Crippen molar-refractivity contribution in [2.45, 2.75) is 89.6 Å². The molecule has 1 unspecified atom stereocenters. The Labute approximate surface area is 194 Å². The summed E-state index contributed by atoms with van der Waals surface area (Å²) < 4.78 is 20.6. The predicted octanol–water partition coefficient (Wildman–Crippen LogP) is 8.03. The number of benzene rings is 1. The SMILES string of the molecule is C=CCCc1cccc(OC)c1[CH](OC(=O)OC)[Sn]([CH2]CCC)([CH2]CCC)[CH2]CCC. The van der Waals surface area contributed by atoms with E-state index in [2.05, 4.69) is 33.4 Å². The number of allylic oxidation sites excluding steroid dienone is 1. The van der Waals surface area contributed by atoms with Gasteiger partial charge >= 0.3 is 195 Å². The molecule has 1 rings (SSSR count). The second-order valence-electron chi connectivity index (χ2n) is 8.49. The Morgan fingerprint density at radius 3 is 2.06 bits per heavy atom. The Bertz CT molecular complexity index is 637. The molecule has 0 N–H and O–H groups in total. The van der Waals surface area contributed by atoms with Crippen LogP contribution < -0.4 is 4.74 Å². The van der Waals surface area contributed by atoms with Gasteiger partial charge in [0.2, 0.25) is 0 Å². The third-order valence-electron chi connectivity index (χ3n) is 6.28. The average Bonchev–Trinajstić information content (AvgIpc) is 2.80. The van der Waals surface area contributed by atoms with E-state index in [0.29, 0.717) is 0 Å². The molecule has 4 nitrogen and oxygen atoms in total. The van der Waals surface area contributed by atoms with E-state index in [4.69, 9.17) is 14.2 Å². The maximum atomic E-state index is 12.5. The van der Waals surface area contributed by atoms with Gasteiger partial charge < -0.3 is 0 Å². The third-order valence-corrected chi connectivity index (χ3v) is 22.2. The molecule has 0 saturated carbocycles. The first kappa shape index (κ1) is 27.9. The number of rotatable bonds is 16. The van der Waals surface area contributed by atoms with Crippen LogP contribution in [-0.2, 0) is 15.9 Å². The van der Waals surface area contributed by atoms with Crippen LogP contribution in [0.4, 0.5) is 4.79 Å². The van der Waals surface area contributed by atoms with Crippen LogP contribution in [0.2, 0.25) is 13.3 Å². The number of hydrogen-bond acceptors (Lipinski definition) is 4. The fourth-order valence-corrected chi connectivity index (χ4v) is 21.6. The third kappa shape index (κ3) is 8.36. The van der Waals surface area contributed by atoms with Crippen LogP contribution in [0.1, 0.15) is 81.0 Å². The first-order valence-corrected chi connectivity index (χ1v) is 19.7. The van der Waals surface area contributed by atoms with Gasteiger partial charge in [-0.3, -0.25) is 0 Å². The average molecular weight is 539 g/mol. The summed E-state index contributed by atoms with van der Waals surface area (Å²) in [4.78, 5) is 12.5. The summed E-state index contributed by atoms with van der Waals surface area (Å²) in [5, 5.41) is 0. The molecule has 0 bridgehead atoms. The van der Waals surface area contributed by atoms with Crippen molar-refractivity contribution < 1.29 is 19.0 Å². The Morgan fingerprint density at radius 1 is 1.03 bits per heavy atom. The van der Waals surface area contributed by atoms with Gasteiger partial charge in [-0.15, -0.1) is 0 Å². The van der Waals surface area contributed by atoms with Gasteiger partial charge in [-0.05, 0) is 0 Å². The van der Waals surface area contributed by atoms with E-state index in [0.717, 1.165) is 43.4 Å². The summed E-state index contributed by atoms with van der Waals surface area (Å²) in [6.45, 7) is 10.7. The monoisotopic (exact) mass is 540 g/mol. The molecule has 0 aromatic heterocycles. The van der Waals surface area contributed by atoms with Crippen LogP contribution in [-0.4, -0.2) is 38.8 Å². The van der Waals surface area contributed by atoms with Gasteiger partial charge in [0.1, 0.15) is 0 Å². The molecule has 0 amide bonds. The van der Waals surface area contributed by atoms with Crippen LogP contribution in [0.15, 0.2) is 30.9 Å². The number of methoxy groups -OCH3 is 2. The number of hydrogen-bond donors (Lipinski definition) is 0. The van der Waals surface area contributed by atoms with Gasteiger partial charge in [0, 0.05) is 0 Å². The van der Waals surface area contributed by atoms with Gasteiger partial charge in [0.25, 0.3) is 0 Å². The summed E-state index contributed by atoms with van der Waals surface area (Å²) in [7, 11) is 3.12. The zero-order chi connectivity index (χ0) is 23.1. The van der Waals surface area contributed by atoms with Gasteiger partial charge in [0.05, 0.1) is 0 Å². The van der Waals surface area contributed by atoms with Crippen LogP contribution in [0.5, 0.6) is 5.75 Å². The Kier molecular flexibility index (Phi) is 14.0. The second-order valence-corrected chi connectivity index (χ2v) is 22.0. The molecule has 5 heteroatoms.